The van der Waals surface area contributed by atoms with Gasteiger partial charge in [0.25, 0.3) is 0 Å². The van der Waals surface area contributed by atoms with Crippen molar-refractivity contribution >= 4 is 5.97 Å². The molecule has 2 rings (SSSR count). The Balaban J connectivity index is 2.34. The van der Waals surface area contributed by atoms with Gasteiger partial charge in [-0.2, -0.15) is 4.98 Å². The molecular formula is C14H17N3O3. The Morgan fingerprint density at radius 1 is 1.45 bits per heavy atom. The first kappa shape index (κ1) is 14.2. The van der Waals surface area contributed by atoms with Crippen molar-refractivity contribution in [3.05, 3.63) is 35.2 Å². The number of aromatic nitrogens is 2. The van der Waals surface area contributed by atoms with Gasteiger partial charge in [-0.25, -0.2) is 0 Å². The van der Waals surface area contributed by atoms with E-state index in [-0.39, 0.29) is 18.9 Å². The fourth-order valence-electron chi connectivity index (χ4n) is 2.07. The molecule has 3 N–H and O–H groups in total. The first-order chi connectivity index (χ1) is 9.52. The van der Waals surface area contributed by atoms with Gasteiger partial charge in [0.15, 0.2) is 0 Å². The van der Waals surface area contributed by atoms with Crippen molar-refractivity contribution in [3.8, 4) is 11.4 Å². The highest BCUT2D eigenvalue weighted by molar-refractivity contribution is 5.74. The number of carboxylic acids is 1. The number of hydrogen-bond donors (Lipinski definition) is 2. The summed E-state index contributed by atoms with van der Waals surface area (Å²) < 4.78 is 5.08. The van der Waals surface area contributed by atoms with E-state index in [0.29, 0.717) is 5.82 Å². The smallest absolute Gasteiger partial charge is 0.316 e. The van der Waals surface area contributed by atoms with E-state index in [1.54, 1.807) is 0 Å². The van der Waals surface area contributed by atoms with E-state index in [9.17, 15) is 4.79 Å². The van der Waals surface area contributed by atoms with Gasteiger partial charge in [0.1, 0.15) is 5.92 Å². The van der Waals surface area contributed by atoms with Crippen LogP contribution in [0.4, 0.5) is 0 Å². The van der Waals surface area contributed by atoms with Gasteiger partial charge in [-0.15, -0.1) is 0 Å². The molecule has 6 heteroatoms. The molecule has 0 saturated carbocycles. The van der Waals surface area contributed by atoms with Crippen molar-refractivity contribution in [2.45, 2.75) is 26.2 Å². The molecule has 1 unspecified atom stereocenters. The predicted octanol–water partition coefficient (Wildman–Crippen LogP) is 1.87. The molecule has 0 amide bonds. The maximum atomic E-state index is 11.2. The highest BCUT2D eigenvalue weighted by atomic mass is 16.5. The number of nitrogens with two attached hydrogens (primary N) is 1. The van der Waals surface area contributed by atoms with E-state index in [1.165, 1.54) is 0 Å². The molecule has 6 nitrogen and oxygen atoms in total. The molecule has 0 aliphatic rings. The molecule has 1 heterocycles. The zero-order valence-corrected chi connectivity index (χ0v) is 11.5. The average molecular weight is 275 g/mol. The Kier molecular flexibility index (Phi) is 4.14. The summed E-state index contributed by atoms with van der Waals surface area (Å²) in [7, 11) is 0. The number of rotatable bonds is 5. The Labute approximate surface area is 116 Å². The van der Waals surface area contributed by atoms with Crippen LogP contribution in [0.25, 0.3) is 11.4 Å². The molecule has 0 spiro atoms. The molecule has 1 atom stereocenters. The predicted molar refractivity (Wildman–Crippen MR) is 73.3 cm³/mol. The van der Waals surface area contributed by atoms with Gasteiger partial charge < -0.3 is 15.4 Å². The monoisotopic (exact) mass is 275 g/mol. The summed E-state index contributed by atoms with van der Waals surface area (Å²) >= 11 is 0. The van der Waals surface area contributed by atoms with Crippen LogP contribution in [0.5, 0.6) is 0 Å². The summed E-state index contributed by atoms with van der Waals surface area (Å²) in [6, 6.07) is 5.87. The van der Waals surface area contributed by atoms with Crippen LogP contribution in [-0.2, 0) is 4.79 Å². The van der Waals surface area contributed by atoms with Crippen LogP contribution in [-0.4, -0.2) is 27.8 Å². The summed E-state index contributed by atoms with van der Waals surface area (Å²) in [5.41, 5.74) is 8.40. The minimum atomic E-state index is -1.01. The van der Waals surface area contributed by atoms with Crippen molar-refractivity contribution in [1.82, 2.24) is 10.1 Å². The second-order valence-electron chi connectivity index (χ2n) is 4.74. The molecule has 0 saturated heterocycles. The molecule has 2 aromatic rings. The van der Waals surface area contributed by atoms with Gasteiger partial charge in [0.05, 0.1) is 0 Å². The van der Waals surface area contributed by atoms with Crippen LogP contribution in [0, 0.1) is 13.8 Å². The number of nitrogens with zero attached hydrogens (tertiary/aromatic N) is 2. The third kappa shape index (κ3) is 2.85. The van der Waals surface area contributed by atoms with Gasteiger partial charge in [0.2, 0.25) is 11.7 Å². The number of benzene rings is 1. The highest BCUT2D eigenvalue weighted by Gasteiger charge is 2.26. The lowest BCUT2D eigenvalue weighted by molar-refractivity contribution is -0.139. The van der Waals surface area contributed by atoms with Crippen molar-refractivity contribution in [1.29, 1.82) is 0 Å². The molecule has 1 aromatic heterocycles. The minimum Gasteiger partial charge on any atom is -0.481 e. The second kappa shape index (κ2) is 5.83. The third-order valence-electron chi connectivity index (χ3n) is 3.12. The summed E-state index contributed by atoms with van der Waals surface area (Å²) in [5, 5.41) is 13.0. The van der Waals surface area contributed by atoms with Crippen molar-refractivity contribution in [2.75, 3.05) is 6.54 Å². The highest BCUT2D eigenvalue weighted by Crippen LogP contribution is 2.24. The molecular weight excluding hydrogens is 258 g/mol. The van der Waals surface area contributed by atoms with Crippen LogP contribution in [0.3, 0.4) is 0 Å². The van der Waals surface area contributed by atoms with Crippen LogP contribution in [0.2, 0.25) is 0 Å². The minimum absolute atomic E-state index is 0.0953. The zero-order valence-electron chi connectivity index (χ0n) is 11.5. The molecule has 0 fully saturated rings. The van der Waals surface area contributed by atoms with E-state index in [1.807, 2.05) is 32.0 Å². The summed E-state index contributed by atoms with van der Waals surface area (Å²) in [4.78, 5) is 15.4. The summed E-state index contributed by atoms with van der Waals surface area (Å²) in [5.74, 6) is -1.36. The van der Waals surface area contributed by atoms with Crippen LogP contribution in [0.15, 0.2) is 22.7 Å². The fraction of sp³-hybridized carbons (Fsp3) is 0.357. The van der Waals surface area contributed by atoms with E-state index in [0.717, 1.165) is 16.7 Å². The van der Waals surface area contributed by atoms with Gasteiger partial charge >= 0.3 is 5.97 Å². The molecule has 0 radical (unpaired) electrons. The van der Waals surface area contributed by atoms with Gasteiger partial charge in [-0.3, -0.25) is 4.79 Å². The fourth-order valence-corrected chi connectivity index (χ4v) is 2.07. The molecule has 0 bridgehead atoms. The SMILES string of the molecule is Cc1ccc(-c2noc(C(CCN)C(=O)O)n2)c(C)c1. The number of hydrogen-bond acceptors (Lipinski definition) is 5. The van der Waals surface area contributed by atoms with E-state index in [4.69, 9.17) is 15.4 Å². The van der Waals surface area contributed by atoms with Gasteiger partial charge in [0, 0.05) is 5.56 Å². The molecule has 106 valence electrons. The number of aliphatic carboxylic acids is 1. The Morgan fingerprint density at radius 3 is 2.80 bits per heavy atom. The maximum absolute atomic E-state index is 11.2. The number of carboxylic acid groups (broad SMARTS) is 1. The molecule has 20 heavy (non-hydrogen) atoms. The zero-order chi connectivity index (χ0) is 14.7. The molecule has 0 aliphatic heterocycles. The molecule has 0 aliphatic carbocycles. The Morgan fingerprint density at radius 2 is 2.20 bits per heavy atom. The van der Waals surface area contributed by atoms with E-state index in [2.05, 4.69) is 10.1 Å². The van der Waals surface area contributed by atoms with Crippen LogP contribution in [0.1, 0.15) is 29.4 Å². The Hall–Kier alpha value is -2.21. The maximum Gasteiger partial charge on any atom is 0.316 e. The van der Waals surface area contributed by atoms with Crippen molar-refractivity contribution in [2.24, 2.45) is 5.73 Å². The van der Waals surface area contributed by atoms with Crippen LogP contribution >= 0.6 is 0 Å². The average Bonchev–Trinajstić information content (AvgIpc) is 2.84. The van der Waals surface area contributed by atoms with Gasteiger partial charge in [-0.05, 0) is 32.4 Å². The third-order valence-corrected chi connectivity index (χ3v) is 3.12. The standard InChI is InChI=1S/C14H17N3O3/c1-8-3-4-10(9(2)7-8)12-16-13(20-17-12)11(5-6-15)14(18)19/h3-4,7,11H,5-6,15H2,1-2H3,(H,18,19). The lowest BCUT2D eigenvalue weighted by Crippen LogP contribution is -2.16. The topological polar surface area (TPSA) is 102 Å². The van der Waals surface area contributed by atoms with Crippen molar-refractivity contribution < 1.29 is 14.4 Å². The largest absolute Gasteiger partial charge is 0.481 e. The normalized spacial score (nSPS) is 12.3. The van der Waals surface area contributed by atoms with Crippen molar-refractivity contribution in [3.63, 3.8) is 0 Å². The lowest BCUT2D eigenvalue weighted by atomic mass is 10.0. The number of aryl methyl sites for hydroxylation is 2. The number of carbonyl (C=O) groups is 1. The Bertz CT molecular complexity index is 622. The first-order valence-electron chi connectivity index (χ1n) is 6.37. The lowest BCUT2D eigenvalue weighted by Gasteiger charge is -2.04. The van der Waals surface area contributed by atoms with E-state index < -0.39 is 11.9 Å². The first-order valence-corrected chi connectivity index (χ1v) is 6.37. The quantitative estimate of drug-likeness (QED) is 0.863. The van der Waals surface area contributed by atoms with E-state index >= 15 is 0 Å². The van der Waals surface area contributed by atoms with Crippen LogP contribution < -0.4 is 5.73 Å². The second-order valence-corrected chi connectivity index (χ2v) is 4.74. The molecule has 1 aromatic carbocycles. The summed E-state index contributed by atoms with van der Waals surface area (Å²) in [6.07, 6.45) is 0.268. The summed E-state index contributed by atoms with van der Waals surface area (Å²) in [6.45, 7) is 4.20. The van der Waals surface area contributed by atoms with Gasteiger partial charge in [-0.1, -0.05) is 28.9 Å².